The van der Waals surface area contributed by atoms with Crippen molar-refractivity contribution in [3.63, 3.8) is 0 Å². The van der Waals surface area contributed by atoms with E-state index in [1.807, 2.05) is 0 Å². The molecular weight excluding hydrogens is 869 g/mol. The number of carbonyl (C=O) groups is 8. The Hall–Kier alpha value is -6.19. The molecule has 0 radical (unpaired) electrons. The topological polar surface area (TPSA) is 324 Å². The Morgan fingerprint density at radius 1 is 0.758 bits per heavy atom. The van der Waals surface area contributed by atoms with Gasteiger partial charge in [-0.15, -0.1) is 0 Å². The first kappa shape index (κ1) is 51.9. The maximum absolute atomic E-state index is 11.6. The Balaban J connectivity index is 0.000000363. The van der Waals surface area contributed by atoms with Gasteiger partial charge in [-0.25, -0.2) is 0 Å². The second-order valence-electron chi connectivity index (χ2n) is 12.9. The average molecular weight is 914 g/mol. The van der Waals surface area contributed by atoms with Gasteiger partial charge in [-0.2, -0.15) is 26.2 Å². The molecule has 2 fully saturated rings. The summed E-state index contributed by atoms with van der Waals surface area (Å²) in [6.07, 6.45) is 0.490. The molecule has 0 spiro atoms. The molecule has 62 heavy (non-hydrogen) atoms. The Morgan fingerprint density at radius 2 is 1.21 bits per heavy atom. The summed E-state index contributed by atoms with van der Waals surface area (Å²) >= 11 is 0. The molecule has 0 aromatic carbocycles. The number of alkyl halides is 3. The fourth-order valence-corrected chi connectivity index (χ4v) is 5.56. The van der Waals surface area contributed by atoms with Crippen molar-refractivity contribution < 1.29 is 107 Å². The number of pyridine rings is 1. The van der Waals surface area contributed by atoms with Gasteiger partial charge < -0.3 is 54.3 Å². The highest BCUT2D eigenvalue weighted by atomic mass is 32.2. The number of nitrogens with zero attached hydrogens (tertiary/aromatic N) is 2. The lowest BCUT2D eigenvalue weighted by molar-refractivity contribution is -0.765. The number of hydrogen-bond acceptors (Lipinski definition) is 19. The SMILES string of the molecule is CC(=O)OC[C@H]1O[C@@H](N2C=CCC(C(N)=O)=C2)[C@H](OC(C)=O)[C@@H]1OC(C)=O.CC(=O)OC[C@H]1O[C@@H]([n+]2cccc(C(N)=O)c2)[C@H](OC(C)=O)[C@@H]1OC(C)=O.O=S(=O)(O)C(F)(F)F. The van der Waals surface area contributed by atoms with Crippen molar-refractivity contribution in [2.75, 3.05) is 13.2 Å². The molecule has 4 rings (SSSR count). The van der Waals surface area contributed by atoms with Crippen LogP contribution in [0.4, 0.5) is 13.2 Å². The summed E-state index contributed by atoms with van der Waals surface area (Å²) in [5, 5.41) is 0. The number of allylic oxidation sites excluding steroid dienone is 1. The summed E-state index contributed by atoms with van der Waals surface area (Å²) in [4.78, 5) is 92.8. The number of primary amides is 2. The van der Waals surface area contributed by atoms with Crippen LogP contribution in [-0.4, -0.2) is 127 Å². The third-order valence-corrected chi connectivity index (χ3v) is 8.49. The number of ether oxygens (including phenoxy) is 8. The van der Waals surface area contributed by atoms with Gasteiger partial charge in [-0.05, 0) is 12.5 Å². The zero-order valence-corrected chi connectivity index (χ0v) is 34.5. The standard InChI is InChI=1S/C17H22N2O8.C17H20N2O8.CHF3O3S/c2*1-9(20)24-8-13-14(25-10(2)21)15(26-11(3)22)17(27-13)19-6-4-5-12(7-19)16(18)23;2-1(3,4)8(5,6)7/h4,6-7,13-15,17H,5,8H2,1-3H3,(H2,18,23);4-7,13-15,17H,8H2,1-3H3,(H-,18,23);(H,5,6,7)/p+1/t2*13-,14-,15-,17-;/m11./s1. The van der Waals surface area contributed by atoms with Gasteiger partial charge in [-0.1, -0.05) is 6.08 Å². The van der Waals surface area contributed by atoms with Gasteiger partial charge in [0, 0.05) is 65.6 Å². The average Bonchev–Trinajstić information content (AvgIpc) is 3.64. The van der Waals surface area contributed by atoms with E-state index in [-0.39, 0.29) is 18.8 Å². The van der Waals surface area contributed by atoms with E-state index < -0.39 is 112 Å². The Bertz CT molecular complexity index is 2030. The third-order valence-electron chi connectivity index (χ3n) is 7.90. The number of carbonyl (C=O) groups excluding carboxylic acids is 8. The van der Waals surface area contributed by atoms with Crippen molar-refractivity contribution in [2.24, 2.45) is 11.5 Å². The zero-order chi connectivity index (χ0) is 47.3. The summed E-state index contributed by atoms with van der Waals surface area (Å²) in [5.41, 5.74) is 5.62. The first-order valence-electron chi connectivity index (χ1n) is 17.7. The van der Waals surface area contributed by atoms with Crippen molar-refractivity contribution >= 4 is 57.7 Å². The molecule has 3 aliphatic rings. The van der Waals surface area contributed by atoms with Gasteiger partial charge in [-0.3, -0.25) is 42.9 Å². The highest BCUT2D eigenvalue weighted by Crippen LogP contribution is 2.33. The molecule has 0 unspecified atom stereocenters. The van der Waals surface area contributed by atoms with Crippen LogP contribution in [0, 0.1) is 0 Å². The number of nitrogens with two attached hydrogens (primary N) is 2. The quantitative estimate of drug-likeness (QED) is 0.0784. The lowest BCUT2D eigenvalue weighted by Crippen LogP contribution is -2.48. The number of esters is 6. The summed E-state index contributed by atoms with van der Waals surface area (Å²) in [6.45, 7) is 6.84. The van der Waals surface area contributed by atoms with E-state index in [1.165, 1.54) is 69.5 Å². The zero-order valence-electron chi connectivity index (χ0n) is 33.7. The first-order valence-corrected chi connectivity index (χ1v) is 19.1. The summed E-state index contributed by atoms with van der Waals surface area (Å²) in [6, 6.07) is 3.07. The van der Waals surface area contributed by atoms with E-state index >= 15 is 0 Å². The van der Waals surface area contributed by atoms with Crippen molar-refractivity contribution in [3.8, 4) is 0 Å². The maximum atomic E-state index is 11.6. The minimum Gasteiger partial charge on any atom is -0.463 e. The van der Waals surface area contributed by atoms with Crippen molar-refractivity contribution in [3.05, 3.63) is 54.1 Å². The monoisotopic (exact) mass is 913 g/mol. The second kappa shape index (κ2) is 22.6. The van der Waals surface area contributed by atoms with Crippen LogP contribution in [0.2, 0.25) is 0 Å². The number of halogens is 3. The number of aromatic nitrogens is 1. The normalized spacial score (nSPS) is 24.0. The van der Waals surface area contributed by atoms with Crippen LogP contribution in [0.3, 0.4) is 0 Å². The van der Waals surface area contributed by atoms with E-state index in [2.05, 4.69) is 0 Å². The highest BCUT2D eigenvalue weighted by Gasteiger charge is 2.55. The molecule has 3 aliphatic heterocycles. The minimum absolute atomic E-state index is 0.203. The van der Waals surface area contributed by atoms with Crippen LogP contribution in [-0.2, 0) is 81.6 Å². The maximum Gasteiger partial charge on any atom is 0.522 e. The fraction of sp³-hybridized carbons (Fsp3) is 0.514. The molecule has 0 saturated carbocycles. The van der Waals surface area contributed by atoms with Gasteiger partial charge in [0.1, 0.15) is 31.0 Å². The number of amides is 2. The van der Waals surface area contributed by atoms with Gasteiger partial charge in [0.2, 0.25) is 12.0 Å². The molecule has 0 aliphatic carbocycles. The smallest absolute Gasteiger partial charge is 0.463 e. The molecule has 27 heteroatoms. The Morgan fingerprint density at radius 3 is 1.65 bits per heavy atom. The van der Waals surface area contributed by atoms with Crippen LogP contribution in [0.25, 0.3) is 0 Å². The first-order chi connectivity index (χ1) is 28.6. The number of hydrogen-bond donors (Lipinski definition) is 3. The van der Waals surface area contributed by atoms with E-state index in [9.17, 15) is 51.5 Å². The minimum atomic E-state index is -5.84. The molecular formula is C35H44F3N4O19S+. The molecule has 344 valence electrons. The van der Waals surface area contributed by atoms with Crippen LogP contribution in [0.15, 0.2) is 48.6 Å². The molecule has 1 aromatic rings. The lowest BCUT2D eigenvalue weighted by Gasteiger charge is -2.30. The second-order valence-corrected chi connectivity index (χ2v) is 14.3. The van der Waals surface area contributed by atoms with Gasteiger partial charge in [0.15, 0.2) is 36.9 Å². The van der Waals surface area contributed by atoms with Crippen molar-refractivity contribution in [1.29, 1.82) is 0 Å². The number of rotatable bonds is 12. The van der Waals surface area contributed by atoms with Crippen molar-refractivity contribution in [1.82, 2.24) is 4.90 Å². The van der Waals surface area contributed by atoms with Gasteiger partial charge in [0.25, 0.3) is 5.91 Å². The molecule has 5 N–H and O–H groups in total. The molecule has 8 atom stereocenters. The predicted octanol–water partition coefficient (Wildman–Crippen LogP) is -0.483. The molecule has 2 saturated heterocycles. The fourth-order valence-electron chi connectivity index (χ4n) is 5.56. The van der Waals surface area contributed by atoms with Crippen molar-refractivity contribution in [2.45, 2.75) is 103 Å². The van der Waals surface area contributed by atoms with Gasteiger partial charge >= 0.3 is 57.7 Å². The van der Waals surface area contributed by atoms with E-state index in [0.717, 1.165) is 0 Å². The summed E-state index contributed by atoms with van der Waals surface area (Å²) < 4.78 is 102. The molecule has 1 aromatic heterocycles. The Labute approximate surface area is 350 Å². The molecule has 4 heterocycles. The van der Waals surface area contributed by atoms with Crippen LogP contribution < -0.4 is 16.0 Å². The van der Waals surface area contributed by atoms with E-state index in [1.54, 1.807) is 24.5 Å². The van der Waals surface area contributed by atoms with Crippen LogP contribution in [0.1, 0.15) is 64.5 Å². The molecule has 0 bridgehead atoms. The summed E-state index contributed by atoms with van der Waals surface area (Å²) in [7, 11) is -5.84. The van der Waals surface area contributed by atoms with Crippen LogP contribution in [0.5, 0.6) is 0 Å². The van der Waals surface area contributed by atoms with Gasteiger partial charge in [0.05, 0.1) is 0 Å². The van der Waals surface area contributed by atoms with Crippen LogP contribution >= 0.6 is 0 Å². The predicted molar refractivity (Wildman–Crippen MR) is 194 cm³/mol. The Kier molecular flexibility index (Phi) is 18.9. The molecule has 2 amide bonds. The highest BCUT2D eigenvalue weighted by molar-refractivity contribution is 7.86. The largest absolute Gasteiger partial charge is 0.522 e. The lowest BCUT2D eigenvalue weighted by atomic mass is 10.1. The van der Waals surface area contributed by atoms with E-state index in [0.29, 0.717) is 12.0 Å². The third kappa shape index (κ3) is 16.0. The summed E-state index contributed by atoms with van der Waals surface area (Å²) in [5.74, 6) is -4.80. The molecule has 23 nitrogen and oxygen atoms in total. The van der Waals surface area contributed by atoms with E-state index in [4.69, 9.17) is 62.3 Å².